The molecule has 116 valence electrons. The third-order valence-electron chi connectivity index (χ3n) is 3.98. The van der Waals surface area contributed by atoms with E-state index >= 15 is 0 Å². The van der Waals surface area contributed by atoms with E-state index in [9.17, 15) is 9.59 Å². The van der Waals surface area contributed by atoms with E-state index in [0.29, 0.717) is 12.8 Å². The Labute approximate surface area is 123 Å². The van der Waals surface area contributed by atoms with Crippen molar-refractivity contribution in [2.24, 2.45) is 5.41 Å². The van der Waals surface area contributed by atoms with Crippen LogP contribution >= 0.6 is 0 Å². The minimum absolute atomic E-state index is 0.121. The van der Waals surface area contributed by atoms with E-state index < -0.39 is 0 Å². The van der Waals surface area contributed by atoms with Crippen molar-refractivity contribution in [1.82, 2.24) is 9.80 Å². The minimum atomic E-state index is -0.342. The molecule has 1 rings (SSSR count). The largest absolute Gasteiger partial charge is 0.340 e. The Bertz CT molecular complexity index is 356. The maximum absolute atomic E-state index is 12.1. The van der Waals surface area contributed by atoms with Crippen LogP contribution in [0.25, 0.3) is 0 Å². The van der Waals surface area contributed by atoms with Crippen LogP contribution in [0.5, 0.6) is 0 Å². The molecule has 0 bridgehead atoms. The molecular weight excluding hydrogens is 252 g/mol. The predicted molar refractivity (Wildman–Crippen MR) is 81.6 cm³/mol. The van der Waals surface area contributed by atoms with Crippen molar-refractivity contribution in [3.8, 4) is 0 Å². The Morgan fingerprint density at radius 3 is 1.75 bits per heavy atom. The molecule has 0 radical (unpaired) electrons. The lowest BCUT2D eigenvalue weighted by Gasteiger charge is -2.42. The lowest BCUT2D eigenvalue weighted by atomic mass is 9.88. The van der Waals surface area contributed by atoms with Gasteiger partial charge in [-0.05, 0) is 20.8 Å². The third kappa shape index (κ3) is 4.89. The summed E-state index contributed by atoms with van der Waals surface area (Å²) in [6, 6.07) is 0. The molecule has 1 amide bonds. The smallest absolute Gasteiger partial charge is 0.223 e. The first-order valence-corrected chi connectivity index (χ1v) is 7.58. The highest BCUT2D eigenvalue weighted by Gasteiger charge is 2.28. The zero-order valence-corrected chi connectivity index (χ0v) is 14.0. The molecular formula is C16H30N2O2. The summed E-state index contributed by atoms with van der Waals surface area (Å²) < 4.78 is 0. The minimum Gasteiger partial charge on any atom is -0.340 e. The number of Topliss-reactive ketones (excluding diaryl/α,β-unsaturated/α-hetero) is 1. The fourth-order valence-corrected chi connectivity index (χ4v) is 2.38. The standard InChI is InChI=1S/C16H30N2O2/c1-15(2,3)13(19)7-8-14(20)17-9-11-18(12-10-17)16(4,5)6/h7-12H2,1-6H3. The van der Waals surface area contributed by atoms with E-state index in [0.717, 1.165) is 26.2 Å². The molecule has 4 heteroatoms. The average Bonchev–Trinajstić information content (AvgIpc) is 2.33. The van der Waals surface area contributed by atoms with Crippen LogP contribution in [0.2, 0.25) is 0 Å². The van der Waals surface area contributed by atoms with Gasteiger partial charge in [0, 0.05) is 50.0 Å². The van der Waals surface area contributed by atoms with Crippen molar-refractivity contribution < 1.29 is 9.59 Å². The monoisotopic (exact) mass is 282 g/mol. The van der Waals surface area contributed by atoms with Crippen LogP contribution < -0.4 is 0 Å². The van der Waals surface area contributed by atoms with Gasteiger partial charge >= 0.3 is 0 Å². The fourth-order valence-electron chi connectivity index (χ4n) is 2.38. The molecule has 1 saturated heterocycles. The van der Waals surface area contributed by atoms with Gasteiger partial charge < -0.3 is 4.90 Å². The molecule has 0 aromatic carbocycles. The molecule has 1 aliphatic heterocycles. The van der Waals surface area contributed by atoms with E-state index in [1.54, 1.807) is 0 Å². The molecule has 1 heterocycles. The highest BCUT2D eigenvalue weighted by atomic mass is 16.2. The Kier molecular flexibility index (Phi) is 5.36. The van der Waals surface area contributed by atoms with E-state index in [1.165, 1.54) is 0 Å². The molecule has 20 heavy (non-hydrogen) atoms. The predicted octanol–water partition coefficient (Wildman–Crippen LogP) is 2.32. The van der Waals surface area contributed by atoms with Crippen molar-refractivity contribution in [2.45, 2.75) is 59.9 Å². The topological polar surface area (TPSA) is 40.6 Å². The van der Waals surface area contributed by atoms with Gasteiger partial charge in [-0.3, -0.25) is 14.5 Å². The number of hydrogen-bond acceptors (Lipinski definition) is 3. The highest BCUT2D eigenvalue weighted by molar-refractivity contribution is 5.88. The van der Waals surface area contributed by atoms with Gasteiger partial charge in [0.05, 0.1) is 0 Å². The molecule has 0 unspecified atom stereocenters. The fraction of sp³-hybridized carbons (Fsp3) is 0.875. The summed E-state index contributed by atoms with van der Waals surface area (Å²) in [7, 11) is 0. The van der Waals surface area contributed by atoms with Gasteiger partial charge in [0.15, 0.2) is 0 Å². The second kappa shape index (κ2) is 6.25. The number of nitrogens with zero attached hydrogens (tertiary/aromatic N) is 2. The third-order valence-corrected chi connectivity index (χ3v) is 3.98. The molecule has 0 aliphatic carbocycles. The summed E-state index contributed by atoms with van der Waals surface area (Å²) in [6.07, 6.45) is 0.716. The summed E-state index contributed by atoms with van der Waals surface area (Å²) in [4.78, 5) is 28.3. The highest BCUT2D eigenvalue weighted by Crippen LogP contribution is 2.19. The van der Waals surface area contributed by atoms with Crippen LogP contribution in [0.1, 0.15) is 54.4 Å². The molecule has 0 atom stereocenters. The zero-order valence-electron chi connectivity index (χ0n) is 14.0. The summed E-state index contributed by atoms with van der Waals surface area (Å²) in [6.45, 7) is 15.7. The van der Waals surface area contributed by atoms with Gasteiger partial charge in [-0.2, -0.15) is 0 Å². The van der Waals surface area contributed by atoms with Gasteiger partial charge in [0.2, 0.25) is 5.91 Å². The number of ketones is 1. The normalized spacial score (nSPS) is 18.2. The molecule has 4 nitrogen and oxygen atoms in total. The van der Waals surface area contributed by atoms with Gasteiger partial charge in [0.1, 0.15) is 5.78 Å². The second-order valence-corrected chi connectivity index (χ2v) is 7.71. The number of amides is 1. The van der Waals surface area contributed by atoms with Gasteiger partial charge in [-0.1, -0.05) is 20.8 Å². The number of hydrogen-bond donors (Lipinski definition) is 0. The average molecular weight is 282 g/mol. The van der Waals surface area contributed by atoms with Gasteiger partial charge in [-0.15, -0.1) is 0 Å². The second-order valence-electron chi connectivity index (χ2n) is 7.71. The van der Waals surface area contributed by atoms with Crippen molar-refractivity contribution in [1.29, 1.82) is 0 Å². The summed E-state index contributed by atoms with van der Waals surface area (Å²) in [5, 5.41) is 0. The molecule has 0 saturated carbocycles. The molecule has 1 fully saturated rings. The SMILES string of the molecule is CC(C)(C)C(=O)CCC(=O)N1CCN(C(C)(C)C)CC1. The van der Waals surface area contributed by atoms with E-state index in [4.69, 9.17) is 0 Å². The zero-order chi connectivity index (χ0) is 15.6. The Hall–Kier alpha value is -0.900. The number of carbonyl (C=O) groups is 2. The van der Waals surface area contributed by atoms with Crippen LogP contribution in [0.4, 0.5) is 0 Å². The maximum Gasteiger partial charge on any atom is 0.223 e. The first-order chi connectivity index (χ1) is 9.01. The van der Waals surface area contributed by atoms with Crippen LogP contribution in [0.15, 0.2) is 0 Å². The summed E-state index contributed by atoms with van der Waals surface area (Å²) in [5.74, 6) is 0.287. The van der Waals surface area contributed by atoms with Crippen molar-refractivity contribution in [2.75, 3.05) is 26.2 Å². The van der Waals surface area contributed by atoms with Gasteiger partial charge in [-0.25, -0.2) is 0 Å². The molecule has 0 aromatic rings. The Balaban J connectivity index is 2.39. The lowest BCUT2D eigenvalue weighted by molar-refractivity contribution is -0.136. The number of piperazine rings is 1. The van der Waals surface area contributed by atoms with Crippen molar-refractivity contribution >= 4 is 11.7 Å². The van der Waals surface area contributed by atoms with Crippen LogP contribution in [-0.4, -0.2) is 53.2 Å². The van der Waals surface area contributed by atoms with Crippen molar-refractivity contribution in [3.05, 3.63) is 0 Å². The summed E-state index contributed by atoms with van der Waals surface area (Å²) >= 11 is 0. The molecule has 0 spiro atoms. The Morgan fingerprint density at radius 2 is 1.35 bits per heavy atom. The molecule has 0 aromatic heterocycles. The first-order valence-electron chi connectivity index (χ1n) is 7.58. The number of rotatable bonds is 3. The number of carbonyl (C=O) groups excluding carboxylic acids is 2. The molecule has 1 aliphatic rings. The lowest BCUT2D eigenvalue weighted by Crippen LogP contribution is -2.54. The van der Waals surface area contributed by atoms with Gasteiger partial charge in [0.25, 0.3) is 0 Å². The van der Waals surface area contributed by atoms with E-state index in [1.807, 2.05) is 25.7 Å². The van der Waals surface area contributed by atoms with Crippen LogP contribution in [0, 0.1) is 5.41 Å². The summed E-state index contributed by atoms with van der Waals surface area (Å²) in [5.41, 5.74) is -0.178. The maximum atomic E-state index is 12.1. The first kappa shape index (κ1) is 17.2. The van der Waals surface area contributed by atoms with Crippen molar-refractivity contribution in [3.63, 3.8) is 0 Å². The van der Waals surface area contributed by atoms with E-state index in [2.05, 4.69) is 25.7 Å². The Morgan fingerprint density at radius 1 is 0.850 bits per heavy atom. The molecule has 0 N–H and O–H groups in total. The quantitative estimate of drug-likeness (QED) is 0.797. The van der Waals surface area contributed by atoms with Crippen LogP contribution in [-0.2, 0) is 9.59 Å². The van der Waals surface area contributed by atoms with Crippen LogP contribution in [0.3, 0.4) is 0 Å². The van der Waals surface area contributed by atoms with E-state index in [-0.39, 0.29) is 22.6 Å².